The smallest absolute Gasteiger partial charge is 0.231 e. The second-order valence-electron chi connectivity index (χ2n) is 6.82. The van der Waals surface area contributed by atoms with Crippen LogP contribution in [0.3, 0.4) is 0 Å². The van der Waals surface area contributed by atoms with E-state index in [1.165, 1.54) is 6.42 Å². The van der Waals surface area contributed by atoms with Crippen molar-refractivity contribution in [2.24, 2.45) is 28.7 Å². The zero-order chi connectivity index (χ0) is 13.9. The summed E-state index contributed by atoms with van der Waals surface area (Å²) in [4.78, 5) is 13.2. The van der Waals surface area contributed by atoms with E-state index < -0.39 is 0 Å². The van der Waals surface area contributed by atoms with Crippen LogP contribution >= 0.6 is 0 Å². The number of amides is 1. The molecular formula is C14H29N3O. The first-order valence-electron chi connectivity index (χ1n) is 6.94. The summed E-state index contributed by atoms with van der Waals surface area (Å²) in [6.45, 7) is 7.92. The quantitative estimate of drug-likeness (QED) is 0.792. The number of carbonyl (C=O) groups excluding carboxylic acids is 1. The topological polar surface area (TPSA) is 72.3 Å². The molecule has 1 rings (SSSR count). The molecule has 18 heavy (non-hydrogen) atoms. The van der Waals surface area contributed by atoms with Gasteiger partial charge in [0.05, 0.1) is 6.54 Å². The van der Waals surface area contributed by atoms with Crippen LogP contribution in [0.2, 0.25) is 0 Å². The van der Waals surface area contributed by atoms with Crippen LogP contribution < -0.4 is 11.5 Å². The maximum Gasteiger partial charge on any atom is 0.231 e. The van der Waals surface area contributed by atoms with Crippen LogP contribution in [0.1, 0.15) is 40.0 Å². The van der Waals surface area contributed by atoms with Crippen LogP contribution in [0.4, 0.5) is 0 Å². The number of likely N-dealkylation sites (N-methyl/N-ethyl adjacent to an activating group) is 1. The minimum absolute atomic E-state index is 0.258. The standard InChI is InChI=1S/C14H29N3O/c1-14(2,3)11-6-5-10(8-15)12(7-11)17(4)9-13(16)18/h10-12H,5-9,15H2,1-4H3,(H2,16,18). The van der Waals surface area contributed by atoms with Crippen molar-refractivity contribution in [2.45, 2.75) is 46.1 Å². The number of nitrogens with zero attached hydrogens (tertiary/aromatic N) is 1. The minimum atomic E-state index is -0.258. The molecule has 1 saturated carbocycles. The molecule has 0 heterocycles. The van der Waals surface area contributed by atoms with Crippen molar-refractivity contribution in [2.75, 3.05) is 20.1 Å². The van der Waals surface area contributed by atoms with E-state index in [0.717, 1.165) is 12.8 Å². The van der Waals surface area contributed by atoms with Gasteiger partial charge in [-0.05, 0) is 50.1 Å². The molecule has 4 nitrogen and oxygen atoms in total. The van der Waals surface area contributed by atoms with E-state index in [4.69, 9.17) is 11.5 Å². The van der Waals surface area contributed by atoms with Gasteiger partial charge >= 0.3 is 0 Å². The molecular weight excluding hydrogens is 226 g/mol. The molecule has 1 aliphatic rings. The molecule has 0 saturated heterocycles. The van der Waals surface area contributed by atoms with Crippen LogP contribution in [0.25, 0.3) is 0 Å². The van der Waals surface area contributed by atoms with Crippen molar-refractivity contribution in [3.8, 4) is 0 Å². The zero-order valence-corrected chi connectivity index (χ0v) is 12.3. The molecule has 4 N–H and O–H groups in total. The van der Waals surface area contributed by atoms with E-state index in [9.17, 15) is 4.79 Å². The molecule has 0 radical (unpaired) electrons. The lowest BCUT2D eigenvalue weighted by atomic mass is 9.67. The first-order chi connectivity index (χ1) is 8.25. The van der Waals surface area contributed by atoms with E-state index in [0.29, 0.717) is 36.4 Å². The van der Waals surface area contributed by atoms with Gasteiger partial charge in [0.15, 0.2) is 0 Å². The molecule has 1 aliphatic carbocycles. The van der Waals surface area contributed by atoms with Crippen LogP contribution in [0.5, 0.6) is 0 Å². The summed E-state index contributed by atoms with van der Waals surface area (Å²) in [5, 5.41) is 0. The summed E-state index contributed by atoms with van der Waals surface area (Å²) in [5.41, 5.74) is 11.5. The number of carbonyl (C=O) groups is 1. The lowest BCUT2D eigenvalue weighted by molar-refractivity contribution is -0.119. The summed E-state index contributed by atoms with van der Waals surface area (Å²) >= 11 is 0. The van der Waals surface area contributed by atoms with Crippen molar-refractivity contribution < 1.29 is 4.79 Å². The summed E-state index contributed by atoms with van der Waals surface area (Å²) in [7, 11) is 1.99. The molecule has 4 heteroatoms. The van der Waals surface area contributed by atoms with E-state index >= 15 is 0 Å². The molecule has 0 spiro atoms. The summed E-state index contributed by atoms with van der Waals surface area (Å²) in [5.74, 6) is 0.930. The Morgan fingerprint density at radius 3 is 2.39 bits per heavy atom. The molecule has 3 unspecified atom stereocenters. The third kappa shape index (κ3) is 3.95. The lowest BCUT2D eigenvalue weighted by Gasteiger charge is -2.44. The van der Waals surface area contributed by atoms with Gasteiger partial charge in [-0.15, -0.1) is 0 Å². The number of nitrogens with two attached hydrogens (primary N) is 2. The first-order valence-corrected chi connectivity index (χ1v) is 6.94. The Labute approximate surface area is 111 Å². The fraction of sp³-hybridized carbons (Fsp3) is 0.929. The SMILES string of the molecule is CN(CC(N)=O)C1CC(C(C)(C)C)CCC1CN. The third-order valence-corrected chi connectivity index (χ3v) is 4.45. The molecule has 1 fully saturated rings. The van der Waals surface area contributed by atoms with Gasteiger partial charge in [0.1, 0.15) is 0 Å². The largest absolute Gasteiger partial charge is 0.369 e. The van der Waals surface area contributed by atoms with Crippen molar-refractivity contribution in [1.29, 1.82) is 0 Å². The van der Waals surface area contributed by atoms with Gasteiger partial charge in [-0.25, -0.2) is 0 Å². The highest BCUT2D eigenvalue weighted by Crippen LogP contribution is 2.41. The monoisotopic (exact) mass is 255 g/mol. The Morgan fingerprint density at radius 1 is 1.33 bits per heavy atom. The van der Waals surface area contributed by atoms with Gasteiger partial charge in [-0.1, -0.05) is 20.8 Å². The molecule has 0 aromatic rings. The number of hydrogen-bond acceptors (Lipinski definition) is 3. The molecule has 0 aromatic heterocycles. The fourth-order valence-electron chi connectivity index (χ4n) is 3.17. The third-order valence-electron chi connectivity index (χ3n) is 4.45. The van der Waals surface area contributed by atoms with Crippen LogP contribution in [0.15, 0.2) is 0 Å². The predicted octanol–water partition coefficient (Wildman–Crippen LogP) is 1.19. The van der Waals surface area contributed by atoms with Crippen LogP contribution in [0, 0.1) is 17.3 Å². The molecule has 0 aliphatic heterocycles. The predicted molar refractivity (Wildman–Crippen MR) is 75.0 cm³/mol. The molecule has 1 amide bonds. The average molecular weight is 255 g/mol. The zero-order valence-electron chi connectivity index (χ0n) is 12.3. The van der Waals surface area contributed by atoms with E-state index in [1.54, 1.807) is 0 Å². The van der Waals surface area contributed by atoms with Crippen LogP contribution in [-0.2, 0) is 4.79 Å². The van der Waals surface area contributed by atoms with Gasteiger partial charge in [0.2, 0.25) is 5.91 Å². The van der Waals surface area contributed by atoms with Gasteiger partial charge < -0.3 is 11.5 Å². The normalized spacial score (nSPS) is 29.6. The molecule has 0 aromatic carbocycles. The Hall–Kier alpha value is -0.610. The highest BCUT2D eigenvalue weighted by atomic mass is 16.1. The molecule has 0 bridgehead atoms. The number of hydrogen-bond donors (Lipinski definition) is 2. The second kappa shape index (κ2) is 6.02. The average Bonchev–Trinajstić information content (AvgIpc) is 2.26. The Bertz CT molecular complexity index is 285. The molecule has 3 atom stereocenters. The van der Waals surface area contributed by atoms with Crippen molar-refractivity contribution in [1.82, 2.24) is 4.90 Å². The minimum Gasteiger partial charge on any atom is -0.369 e. The highest BCUT2D eigenvalue weighted by molar-refractivity contribution is 5.75. The second-order valence-corrected chi connectivity index (χ2v) is 6.82. The van der Waals surface area contributed by atoms with Gasteiger partial charge in [0, 0.05) is 6.04 Å². The fourth-order valence-corrected chi connectivity index (χ4v) is 3.17. The first kappa shape index (κ1) is 15.4. The summed E-state index contributed by atoms with van der Waals surface area (Å²) < 4.78 is 0. The van der Waals surface area contributed by atoms with Crippen LogP contribution in [-0.4, -0.2) is 37.0 Å². The summed E-state index contributed by atoms with van der Waals surface area (Å²) in [6, 6.07) is 0.389. The molecule has 106 valence electrons. The van der Waals surface area contributed by atoms with Gasteiger partial charge in [-0.2, -0.15) is 0 Å². The van der Waals surface area contributed by atoms with E-state index in [2.05, 4.69) is 25.7 Å². The Balaban J connectivity index is 2.73. The summed E-state index contributed by atoms with van der Waals surface area (Å²) in [6.07, 6.45) is 3.52. The Kier molecular flexibility index (Phi) is 5.17. The van der Waals surface area contributed by atoms with E-state index in [1.807, 2.05) is 7.05 Å². The van der Waals surface area contributed by atoms with E-state index in [-0.39, 0.29) is 5.91 Å². The van der Waals surface area contributed by atoms with Gasteiger partial charge in [-0.3, -0.25) is 9.69 Å². The highest BCUT2D eigenvalue weighted by Gasteiger charge is 2.37. The number of primary amides is 1. The van der Waals surface area contributed by atoms with Gasteiger partial charge in [0.25, 0.3) is 0 Å². The number of rotatable bonds is 4. The maximum absolute atomic E-state index is 11.1. The van der Waals surface area contributed by atoms with Crippen molar-refractivity contribution >= 4 is 5.91 Å². The maximum atomic E-state index is 11.1. The van der Waals surface area contributed by atoms with Crippen molar-refractivity contribution in [3.63, 3.8) is 0 Å². The van der Waals surface area contributed by atoms with Crippen molar-refractivity contribution in [3.05, 3.63) is 0 Å². The Morgan fingerprint density at radius 2 is 1.94 bits per heavy atom. The lowest BCUT2D eigenvalue weighted by Crippen LogP contribution is -2.49.